The number of carbonyl (C=O) groups excluding carboxylic acids is 1. The standard InChI is InChI=1S/C10H11N3O6/c1-11(2)9-7(12(15)16)4-6(10(14)19-3)5-8(9)13(17)18/h4-5H,1-3H3. The van der Waals surface area contributed by atoms with Gasteiger partial charge < -0.3 is 9.64 Å². The first-order valence-corrected chi connectivity index (χ1v) is 5.02. The van der Waals surface area contributed by atoms with Crippen molar-refractivity contribution in [2.45, 2.75) is 0 Å². The second kappa shape index (κ2) is 5.29. The number of benzene rings is 1. The summed E-state index contributed by atoms with van der Waals surface area (Å²) < 4.78 is 4.41. The molecule has 0 aromatic heterocycles. The van der Waals surface area contributed by atoms with Gasteiger partial charge in [0.25, 0.3) is 0 Å². The first kappa shape index (κ1) is 14.4. The molecule has 0 aliphatic carbocycles. The highest BCUT2D eigenvalue weighted by Crippen LogP contribution is 2.37. The van der Waals surface area contributed by atoms with Crippen LogP contribution in [0.4, 0.5) is 17.1 Å². The van der Waals surface area contributed by atoms with Crippen LogP contribution in [0.15, 0.2) is 12.1 Å². The van der Waals surface area contributed by atoms with Gasteiger partial charge in [-0.2, -0.15) is 0 Å². The molecule has 19 heavy (non-hydrogen) atoms. The third-order valence-corrected chi connectivity index (χ3v) is 2.33. The van der Waals surface area contributed by atoms with E-state index in [1.165, 1.54) is 19.0 Å². The second-order valence-electron chi connectivity index (χ2n) is 3.76. The zero-order chi connectivity index (χ0) is 14.7. The van der Waals surface area contributed by atoms with Crippen molar-refractivity contribution in [1.82, 2.24) is 0 Å². The Bertz CT molecular complexity index is 519. The van der Waals surface area contributed by atoms with Crippen LogP contribution in [-0.4, -0.2) is 37.0 Å². The number of esters is 1. The van der Waals surface area contributed by atoms with E-state index in [4.69, 9.17) is 0 Å². The molecular formula is C10H11N3O6. The molecule has 0 bridgehead atoms. The molecule has 102 valence electrons. The summed E-state index contributed by atoms with van der Waals surface area (Å²) in [5.74, 6) is -0.878. The maximum Gasteiger partial charge on any atom is 0.338 e. The predicted molar refractivity (Wildman–Crippen MR) is 65.4 cm³/mol. The summed E-state index contributed by atoms with van der Waals surface area (Å²) in [4.78, 5) is 33.0. The molecule has 1 rings (SSSR count). The van der Waals surface area contributed by atoms with E-state index >= 15 is 0 Å². The molecule has 9 heteroatoms. The molecule has 0 radical (unpaired) electrons. The zero-order valence-electron chi connectivity index (χ0n) is 10.4. The van der Waals surface area contributed by atoms with Crippen LogP contribution in [0.25, 0.3) is 0 Å². The largest absolute Gasteiger partial charge is 0.465 e. The number of nitro benzene ring substituents is 2. The number of carbonyl (C=O) groups is 1. The minimum atomic E-state index is -0.878. The smallest absolute Gasteiger partial charge is 0.338 e. The summed E-state index contributed by atoms with van der Waals surface area (Å²) in [6.45, 7) is 0. The lowest BCUT2D eigenvalue weighted by Gasteiger charge is -2.13. The Morgan fingerprint density at radius 3 is 1.84 bits per heavy atom. The number of hydrogen-bond acceptors (Lipinski definition) is 7. The summed E-state index contributed by atoms with van der Waals surface area (Å²) in [6, 6.07) is 1.91. The lowest BCUT2D eigenvalue weighted by atomic mass is 10.1. The molecule has 0 amide bonds. The Morgan fingerprint density at radius 1 is 1.16 bits per heavy atom. The minimum absolute atomic E-state index is 0.178. The van der Waals surface area contributed by atoms with Crippen LogP contribution in [0.3, 0.4) is 0 Å². The second-order valence-corrected chi connectivity index (χ2v) is 3.76. The van der Waals surface area contributed by atoms with Crippen LogP contribution in [0, 0.1) is 20.2 Å². The van der Waals surface area contributed by atoms with Crippen LogP contribution in [0.2, 0.25) is 0 Å². The van der Waals surface area contributed by atoms with Crippen LogP contribution >= 0.6 is 0 Å². The van der Waals surface area contributed by atoms with Gasteiger partial charge >= 0.3 is 17.3 Å². The molecule has 0 N–H and O–H groups in total. The Labute approximate surface area is 107 Å². The highest BCUT2D eigenvalue weighted by atomic mass is 16.6. The summed E-state index contributed by atoms with van der Waals surface area (Å²) >= 11 is 0. The quantitative estimate of drug-likeness (QED) is 0.460. The Kier molecular flexibility index (Phi) is 4.00. The van der Waals surface area contributed by atoms with E-state index in [0.717, 1.165) is 19.2 Å². The summed E-state index contributed by atoms with van der Waals surface area (Å²) in [6.07, 6.45) is 0. The van der Waals surface area contributed by atoms with Crippen molar-refractivity contribution in [2.24, 2.45) is 0 Å². The van der Waals surface area contributed by atoms with Crippen molar-refractivity contribution >= 4 is 23.0 Å². The lowest BCUT2D eigenvalue weighted by Crippen LogP contribution is -2.15. The number of nitro groups is 2. The maximum absolute atomic E-state index is 11.4. The molecule has 1 aromatic carbocycles. The normalized spacial score (nSPS) is 9.84. The van der Waals surface area contributed by atoms with Crippen LogP contribution in [-0.2, 0) is 4.74 Å². The van der Waals surface area contributed by atoms with Gasteiger partial charge in [-0.05, 0) is 0 Å². The van der Waals surface area contributed by atoms with Gasteiger partial charge in [-0.25, -0.2) is 4.79 Å². The molecule has 0 aliphatic rings. The van der Waals surface area contributed by atoms with E-state index in [2.05, 4.69) is 4.74 Å². The van der Waals surface area contributed by atoms with Crippen molar-refractivity contribution in [3.63, 3.8) is 0 Å². The number of methoxy groups -OCH3 is 1. The Hall–Kier alpha value is -2.71. The van der Waals surface area contributed by atoms with E-state index in [-0.39, 0.29) is 11.3 Å². The number of hydrogen-bond donors (Lipinski definition) is 0. The molecule has 0 saturated carbocycles. The summed E-state index contributed by atoms with van der Waals surface area (Å²) in [5, 5.41) is 21.9. The fourth-order valence-electron chi connectivity index (χ4n) is 1.58. The van der Waals surface area contributed by atoms with E-state index in [1.54, 1.807) is 0 Å². The highest BCUT2D eigenvalue weighted by molar-refractivity contribution is 5.93. The SMILES string of the molecule is COC(=O)c1cc([N+](=O)[O-])c(N(C)C)c([N+](=O)[O-])c1. The van der Waals surface area contributed by atoms with Gasteiger partial charge in [-0.15, -0.1) is 0 Å². The van der Waals surface area contributed by atoms with Crippen LogP contribution in [0.1, 0.15) is 10.4 Å². The van der Waals surface area contributed by atoms with Gasteiger partial charge in [0.1, 0.15) is 0 Å². The summed E-state index contributed by atoms with van der Waals surface area (Å²) in [5.41, 5.74) is -1.48. The summed E-state index contributed by atoms with van der Waals surface area (Å²) in [7, 11) is 3.96. The third kappa shape index (κ3) is 2.76. The van der Waals surface area contributed by atoms with Gasteiger partial charge in [-0.3, -0.25) is 20.2 Å². The fraction of sp³-hybridized carbons (Fsp3) is 0.300. The van der Waals surface area contributed by atoms with Crippen LogP contribution < -0.4 is 4.90 Å². The van der Waals surface area contributed by atoms with Gasteiger partial charge in [0.15, 0.2) is 5.69 Å². The minimum Gasteiger partial charge on any atom is -0.465 e. The highest BCUT2D eigenvalue weighted by Gasteiger charge is 2.30. The fourth-order valence-corrected chi connectivity index (χ4v) is 1.58. The van der Waals surface area contributed by atoms with Crippen molar-refractivity contribution in [2.75, 3.05) is 26.1 Å². The van der Waals surface area contributed by atoms with E-state index < -0.39 is 27.2 Å². The molecule has 0 aliphatic heterocycles. The van der Waals surface area contributed by atoms with Crippen molar-refractivity contribution in [3.8, 4) is 0 Å². The molecule has 0 heterocycles. The van der Waals surface area contributed by atoms with Gasteiger partial charge in [0.05, 0.1) is 22.5 Å². The molecule has 0 spiro atoms. The monoisotopic (exact) mass is 269 g/mol. The predicted octanol–water partition coefficient (Wildman–Crippen LogP) is 1.36. The van der Waals surface area contributed by atoms with Gasteiger partial charge in [0.2, 0.25) is 0 Å². The zero-order valence-corrected chi connectivity index (χ0v) is 10.4. The first-order chi connectivity index (χ1) is 8.79. The van der Waals surface area contributed by atoms with Crippen molar-refractivity contribution in [3.05, 3.63) is 37.9 Å². The molecule has 0 unspecified atom stereocenters. The van der Waals surface area contributed by atoms with Gasteiger partial charge in [-0.1, -0.05) is 0 Å². The van der Waals surface area contributed by atoms with E-state index in [0.29, 0.717) is 0 Å². The average Bonchev–Trinajstić information content (AvgIpc) is 2.35. The number of anilines is 1. The molecule has 1 aromatic rings. The Morgan fingerprint density at radius 2 is 1.58 bits per heavy atom. The third-order valence-electron chi connectivity index (χ3n) is 2.33. The Balaban J connectivity index is 3.67. The maximum atomic E-state index is 11.4. The lowest BCUT2D eigenvalue weighted by molar-refractivity contribution is -0.392. The van der Waals surface area contributed by atoms with E-state index in [1.807, 2.05) is 0 Å². The topological polar surface area (TPSA) is 116 Å². The number of ether oxygens (including phenoxy) is 1. The van der Waals surface area contributed by atoms with Crippen LogP contribution in [0.5, 0.6) is 0 Å². The average molecular weight is 269 g/mol. The molecule has 0 saturated heterocycles. The van der Waals surface area contributed by atoms with Crippen molar-refractivity contribution in [1.29, 1.82) is 0 Å². The molecule has 0 fully saturated rings. The van der Waals surface area contributed by atoms with Crippen molar-refractivity contribution < 1.29 is 19.4 Å². The number of rotatable bonds is 4. The van der Waals surface area contributed by atoms with Gasteiger partial charge in [0, 0.05) is 26.2 Å². The molecular weight excluding hydrogens is 258 g/mol. The first-order valence-electron chi connectivity index (χ1n) is 5.02. The van der Waals surface area contributed by atoms with E-state index in [9.17, 15) is 25.0 Å². The number of nitrogens with zero attached hydrogens (tertiary/aromatic N) is 3. The molecule has 0 atom stereocenters. The molecule has 9 nitrogen and oxygen atoms in total.